The predicted octanol–water partition coefficient (Wildman–Crippen LogP) is 1.68. The first-order chi connectivity index (χ1) is 19.6. The number of nitrogens with zero attached hydrogens (tertiary/aromatic N) is 5. The maximum absolute atomic E-state index is 13.0. The SMILES string of the molecule is COP(=O)(O[C@H]1O[C@@H](n2cnc3c(N)ncnc32)[C@H](O)[C@@H]1O)OP(=O)(O)OP(=O)(O)OC(C)c1ccccc1[N+](=O)[O-]. The summed E-state index contributed by atoms with van der Waals surface area (Å²) < 4.78 is 67.2. The first-order valence-electron chi connectivity index (χ1n) is 11.3. The van der Waals surface area contributed by atoms with E-state index in [1.165, 1.54) is 18.2 Å². The van der Waals surface area contributed by atoms with E-state index in [1.807, 2.05) is 0 Å². The van der Waals surface area contributed by atoms with Crippen LogP contribution in [0.15, 0.2) is 36.9 Å². The summed E-state index contributed by atoms with van der Waals surface area (Å²) in [5.41, 5.74) is 5.26. The zero-order valence-corrected chi connectivity index (χ0v) is 24.0. The summed E-state index contributed by atoms with van der Waals surface area (Å²) in [4.78, 5) is 42.2. The highest BCUT2D eigenvalue weighted by Gasteiger charge is 2.51. The van der Waals surface area contributed by atoms with Crippen molar-refractivity contribution in [3.63, 3.8) is 0 Å². The van der Waals surface area contributed by atoms with Gasteiger partial charge in [0.25, 0.3) is 5.69 Å². The van der Waals surface area contributed by atoms with Crippen LogP contribution < -0.4 is 5.73 Å². The van der Waals surface area contributed by atoms with Gasteiger partial charge >= 0.3 is 23.5 Å². The van der Waals surface area contributed by atoms with E-state index in [4.69, 9.17) is 19.5 Å². The molecule has 3 heterocycles. The number of aliphatic hydroxyl groups is 2. The van der Waals surface area contributed by atoms with Crippen LogP contribution in [0, 0.1) is 10.1 Å². The monoisotopic (exact) mass is 656 g/mol. The lowest BCUT2D eigenvalue weighted by molar-refractivity contribution is -0.386. The van der Waals surface area contributed by atoms with Gasteiger partial charge in [-0.05, 0) is 13.0 Å². The summed E-state index contributed by atoms with van der Waals surface area (Å²) >= 11 is 0. The maximum atomic E-state index is 13.0. The molecule has 42 heavy (non-hydrogen) atoms. The minimum absolute atomic E-state index is 0.00268. The van der Waals surface area contributed by atoms with Crippen LogP contribution in [-0.2, 0) is 40.6 Å². The van der Waals surface area contributed by atoms with Gasteiger partial charge in [-0.25, -0.2) is 28.6 Å². The number of imidazole rings is 1. The Morgan fingerprint density at radius 3 is 2.45 bits per heavy atom. The number of phosphoric ester groups is 2. The summed E-state index contributed by atoms with van der Waals surface area (Å²) in [6.45, 7) is 1.12. The number of nitro groups is 1. The number of fused-ring (bicyclic) bond motifs is 1. The van der Waals surface area contributed by atoms with Crippen molar-refractivity contribution in [1.82, 2.24) is 19.5 Å². The largest absolute Gasteiger partial charge is 0.490 e. The molecular formula is C18H23N6O15P3. The number of para-hydroxylation sites is 1. The molecule has 4 rings (SSSR count). The highest BCUT2D eigenvalue weighted by molar-refractivity contribution is 7.67. The van der Waals surface area contributed by atoms with Crippen LogP contribution in [0.4, 0.5) is 11.5 Å². The van der Waals surface area contributed by atoms with E-state index in [9.17, 15) is 43.8 Å². The van der Waals surface area contributed by atoms with Gasteiger partial charge in [-0.2, -0.15) is 8.62 Å². The van der Waals surface area contributed by atoms with E-state index in [2.05, 4.69) is 28.1 Å². The number of benzene rings is 1. The van der Waals surface area contributed by atoms with Crippen LogP contribution >= 0.6 is 23.5 Å². The molecule has 6 N–H and O–H groups in total. The number of aromatic nitrogens is 4. The number of hydrogen-bond acceptors (Lipinski definition) is 17. The van der Waals surface area contributed by atoms with E-state index in [-0.39, 0.29) is 22.5 Å². The lowest BCUT2D eigenvalue weighted by Gasteiger charge is -2.24. The number of nitrogens with two attached hydrogens (primary N) is 1. The molecule has 1 aliphatic rings. The van der Waals surface area contributed by atoms with Gasteiger partial charge in [0, 0.05) is 13.2 Å². The molecule has 4 unspecified atom stereocenters. The molecule has 1 saturated heterocycles. The number of nitro benzene ring substituents is 1. The quantitative estimate of drug-likeness (QED) is 0.105. The molecular weight excluding hydrogens is 633 g/mol. The fraction of sp³-hybridized carbons (Fsp3) is 0.389. The molecule has 24 heteroatoms. The number of rotatable bonds is 12. The average Bonchev–Trinajstić information content (AvgIpc) is 3.44. The zero-order chi connectivity index (χ0) is 31.0. The van der Waals surface area contributed by atoms with Gasteiger partial charge in [0.2, 0.25) is 0 Å². The smallest absolute Gasteiger partial charge is 0.385 e. The molecule has 0 aliphatic carbocycles. The second kappa shape index (κ2) is 12.1. The lowest BCUT2D eigenvalue weighted by Crippen LogP contribution is -2.32. The maximum Gasteiger partial charge on any atom is 0.490 e. The fourth-order valence-electron chi connectivity index (χ4n) is 3.77. The third kappa shape index (κ3) is 6.90. The minimum Gasteiger partial charge on any atom is -0.385 e. The molecule has 0 amide bonds. The summed E-state index contributed by atoms with van der Waals surface area (Å²) in [5.74, 6) is -0.00268. The number of hydrogen-bond donors (Lipinski definition) is 5. The molecule has 1 fully saturated rings. The van der Waals surface area contributed by atoms with E-state index >= 15 is 0 Å². The van der Waals surface area contributed by atoms with Crippen molar-refractivity contribution >= 4 is 46.1 Å². The van der Waals surface area contributed by atoms with Crippen LogP contribution in [0.3, 0.4) is 0 Å². The number of phosphoric acid groups is 3. The molecule has 3 aromatic rings. The second-order valence-corrected chi connectivity index (χ2v) is 13.2. The van der Waals surface area contributed by atoms with Crippen LogP contribution in [0.5, 0.6) is 0 Å². The van der Waals surface area contributed by atoms with E-state index in [1.54, 1.807) is 0 Å². The Hall–Kier alpha value is -2.74. The van der Waals surface area contributed by atoms with Gasteiger partial charge in [0.15, 0.2) is 24.0 Å². The number of nitrogen functional groups attached to an aromatic ring is 1. The van der Waals surface area contributed by atoms with Crippen LogP contribution in [0.2, 0.25) is 0 Å². The van der Waals surface area contributed by atoms with Crippen LogP contribution in [-0.4, -0.2) is 70.0 Å². The molecule has 8 atom stereocenters. The van der Waals surface area contributed by atoms with Gasteiger partial charge in [-0.3, -0.25) is 28.3 Å². The van der Waals surface area contributed by atoms with Crippen molar-refractivity contribution in [2.45, 2.75) is 37.8 Å². The molecule has 0 bridgehead atoms. The molecule has 1 aromatic carbocycles. The molecule has 2 aromatic heterocycles. The minimum atomic E-state index is -5.85. The molecule has 1 aliphatic heterocycles. The second-order valence-electron chi connectivity index (χ2n) is 8.36. The third-order valence-electron chi connectivity index (χ3n) is 5.58. The van der Waals surface area contributed by atoms with Crippen molar-refractivity contribution in [1.29, 1.82) is 0 Å². The van der Waals surface area contributed by atoms with Crippen LogP contribution in [0.25, 0.3) is 11.2 Å². The molecule has 0 saturated carbocycles. The molecule has 230 valence electrons. The van der Waals surface area contributed by atoms with Gasteiger partial charge in [0.1, 0.15) is 24.1 Å². The number of anilines is 1. The standard InChI is InChI=1S/C18H23N6O15P3/c1-9(10-5-3-4-6-11(10)24(27)28)36-40(29,30)38-41(31,32)39-42(33,34-2)37-18-14(26)13(25)17(35-18)23-8-22-12-15(19)20-7-21-16(12)23/h3-9,13-14,17-18,25-26H,1-2H3,(H,29,30)(H,31,32)(H2,19,20,21)/t9?,13-,14+,17-,18-,42?/m1/s1. The van der Waals surface area contributed by atoms with Gasteiger partial charge < -0.3 is 30.5 Å². The van der Waals surface area contributed by atoms with E-state index < -0.39 is 64.9 Å². The number of ether oxygens (including phenoxy) is 1. The van der Waals surface area contributed by atoms with Crippen molar-refractivity contribution in [3.05, 3.63) is 52.6 Å². The summed E-state index contributed by atoms with van der Waals surface area (Å²) in [6.07, 6.45) is -6.53. The topological polar surface area (TPSA) is 300 Å². The Labute approximate surface area is 234 Å². The predicted molar refractivity (Wildman–Crippen MR) is 136 cm³/mol. The van der Waals surface area contributed by atoms with E-state index in [0.29, 0.717) is 7.11 Å². The Bertz CT molecular complexity index is 1620. The first kappa shape index (κ1) is 32.2. The molecule has 0 spiro atoms. The summed E-state index contributed by atoms with van der Waals surface area (Å²) in [7, 11) is -16.0. The van der Waals surface area contributed by atoms with Gasteiger partial charge in [-0.15, -0.1) is 0 Å². The Morgan fingerprint density at radius 1 is 1.10 bits per heavy atom. The number of aliphatic hydroxyl groups excluding tert-OH is 2. The summed E-state index contributed by atoms with van der Waals surface area (Å²) in [6, 6.07) is 4.99. The first-order valence-corrected chi connectivity index (χ1v) is 15.8. The average molecular weight is 656 g/mol. The fourth-order valence-corrected chi connectivity index (χ4v) is 7.81. The van der Waals surface area contributed by atoms with E-state index in [0.717, 1.165) is 30.2 Å². The Kier molecular flexibility index (Phi) is 9.27. The Balaban J connectivity index is 1.46. The highest BCUT2D eigenvalue weighted by Crippen LogP contribution is 2.70. The normalized spacial score (nSPS) is 25.9. The highest BCUT2D eigenvalue weighted by atomic mass is 31.3. The molecule has 21 nitrogen and oxygen atoms in total. The third-order valence-corrected chi connectivity index (χ3v) is 10.4. The lowest BCUT2D eigenvalue weighted by atomic mass is 10.1. The van der Waals surface area contributed by atoms with Crippen molar-refractivity contribution in [2.24, 2.45) is 0 Å². The van der Waals surface area contributed by atoms with Gasteiger partial charge in [-0.1, -0.05) is 12.1 Å². The van der Waals surface area contributed by atoms with Crippen molar-refractivity contribution in [3.8, 4) is 0 Å². The zero-order valence-electron chi connectivity index (χ0n) is 21.3. The van der Waals surface area contributed by atoms with Crippen molar-refractivity contribution < 1.29 is 65.5 Å². The van der Waals surface area contributed by atoms with Crippen molar-refractivity contribution in [2.75, 3.05) is 12.8 Å². The Morgan fingerprint density at radius 2 is 1.79 bits per heavy atom. The summed E-state index contributed by atoms with van der Waals surface area (Å²) in [5, 5.41) is 32.2. The molecule has 0 radical (unpaired) electrons. The van der Waals surface area contributed by atoms with Crippen LogP contribution in [0.1, 0.15) is 24.8 Å². The van der Waals surface area contributed by atoms with Gasteiger partial charge in [0.05, 0.1) is 22.9 Å².